The van der Waals surface area contributed by atoms with Crippen molar-refractivity contribution >= 4 is 40.6 Å². The Labute approximate surface area is 180 Å². The summed E-state index contributed by atoms with van der Waals surface area (Å²) in [6.07, 6.45) is -0.158. The van der Waals surface area contributed by atoms with Crippen LogP contribution in [0.5, 0.6) is 0 Å². The van der Waals surface area contributed by atoms with Gasteiger partial charge >= 0.3 is 6.09 Å². The van der Waals surface area contributed by atoms with Crippen LogP contribution in [0.2, 0.25) is 0 Å². The van der Waals surface area contributed by atoms with E-state index in [1.807, 2.05) is 48.5 Å². The van der Waals surface area contributed by atoms with Gasteiger partial charge in [0.1, 0.15) is 0 Å². The molecule has 3 aromatic carbocycles. The van der Waals surface area contributed by atoms with Gasteiger partial charge in [-0.2, -0.15) is 0 Å². The number of benzene rings is 3. The fourth-order valence-electron chi connectivity index (χ4n) is 3.01. The third-order valence-corrected chi connectivity index (χ3v) is 4.59. The van der Waals surface area contributed by atoms with E-state index in [2.05, 4.69) is 15.4 Å². The Morgan fingerprint density at radius 3 is 2.47 bits per heavy atom. The van der Waals surface area contributed by atoms with Gasteiger partial charge in [-0.3, -0.25) is 10.1 Å². The second-order valence-electron chi connectivity index (χ2n) is 6.56. The quantitative estimate of drug-likeness (QED) is 0.327. The molecule has 1 amide bonds. The molecule has 30 heavy (non-hydrogen) atoms. The maximum Gasteiger partial charge on any atom is 0.413 e. The van der Waals surface area contributed by atoms with E-state index in [0.29, 0.717) is 28.9 Å². The van der Waals surface area contributed by atoms with Crippen molar-refractivity contribution in [2.75, 3.05) is 18.2 Å². The van der Waals surface area contributed by atoms with Crippen LogP contribution in [-0.2, 0) is 11.2 Å². The predicted octanol–water partition coefficient (Wildman–Crippen LogP) is 4.14. The van der Waals surface area contributed by atoms with Crippen molar-refractivity contribution in [3.8, 4) is 0 Å². The highest BCUT2D eigenvalue weighted by Gasteiger charge is 2.15. The number of nitrogen functional groups attached to an aromatic ring is 1. The zero-order valence-corrected chi connectivity index (χ0v) is 17.2. The molecule has 6 nitrogen and oxygen atoms in total. The van der Waals surface area contributed by atoms with Gasteiger partial charge < -0.3 is 15.8 Å². The molecule has 0 bridgehead atoms. The van der Waals surface area contributed by atoms with Gasteiger partial charge in [-0.05, 0) is 60.1 Å². The third-order valence-electron chi connectivity index (χ3n) is 4.39. The SMILES string of the molecule is COC(=O)NC(=S)Nc1ccc(C(=O)c2ccccc2)c(Cc2cccc(N)c2)c1. The van der Waals surface area contributed by atoms with Gasteiger partial charge in [0.05, 0.1) is 7.11 Å². The lowest BCUT2D eigenvalue weighted by molar-refractivity contribution is 0.103. The van der Waals surface area contributed by atoms with Crippen molar-refractivity contribution in [2.45, 2.75) is 6.42 Å². The van der Waals surface area contributed by atoms with Gasteiger partial charge in [0.25, 0.3) is 0 Å². The molecule has 152 valence electrons. The minimum atomic E-state index is -0.664. The van der Waals surface area contributed by atoms with Crippen LogP contribution in [-0.4, -0.2) is 24.1 Å². The molecule has 0 aromatic heterocycles. The van der Waals surface area contributed by atoms with Crippen LogP contribution in [0, 0.1) is 0 Å². The molecule has 0 unspecified atom stereocenters. The van der Waals surface area contributed by atoms with E-state index >= 15 is 0 Å². The van der Waals surface area contributed by atoms with Crippen LogP contribution in [0.1, 0.15) is 27.0 Å². The molecule has 3 aromatic rings. The first-order valence-electron chi connectivity index (χ1n) is 9.19. The molecule has 0 fully saturated rings. The van der Waals surface area contributed by atoms with Gasteiger partial charge in [0, 0.05) is 22.5 Å². The van der Waals surface area contributed by atoms with Gasteiger partial charge in [-0.15, -0.1) is 0 Å². The number of nitrogens with one attached hydrogen (secondary N) is 2. The molecule has 7 heteroatoms. The molecular formula is C23H21N3O3S. The lowest BCUT2D eigenvalue weighted by Gasteiger charge is -2.14. The first-order valence-corrected chi connectivity index (χ1v) is 9.60. The zero-order chi connectivity index (χ0) is 21.5. The number of hydrogen-bond donors (Lipinski definition) is 3. The van der Waals surface area contributed by atoms with Crippen molar-refractivity contribution in [1.29, 1.82) is 0 Å². The van der Waals surface area contributed by atoms with Crippen molar-refractivity contribution in [2.24, 2.45) is 0 Å². The highest BCUT2D eigenvalue weighted by Crippen LogP contribution is 2.23. The summed E-state index contributed by atoms with van der Waals surface area (Å²) in [4.78, 5) is 24.4. The number of carbonyl (C=O) groups is 2. The average Bonchev–Trinajstić information content (AvgIpc) is 2.74. The molecule has 0 aliphatic rings. The number of hydrogen-bond acceptors (Lipinski definition) is 5. The summed E-state index contributed by atoms with van der Waals surface area (Å²) >= 11 is 5.12. The first-order chi connectivity index (χ1) is 14.5. The second-order valence-corrected chi connectivity index (χ2v) is 6.97. The largest absolute Gasteiger partial charge is 0.453 e. The summed E-state index contributed by atoms with van der Waals surface area (Å²) in [5.41, 5.74) is 10.2. The monoisotopic (exact) mass is 419 g/mol. The van der Waals surface area contributed by atoms with Gasteiger partial charge in [0.15, 0.2) is 10.9 Å². The number of thiocarbonyl (C=S) groups is 1. The number of methoxy groups -OCH3 is 1. The van der Waals surface area contributed by atoms with E-state index < -0.39 is 6.09 Å². The Bertz CT molecular complexity index is 1080. The number of amides is 1. The fraction of sp³-hybridized carbons (Fsp3) is 0.0870. The molecule has 0 saturated heterocycles. The predicted molar refractivity (Wildman–Crippen MR) is 122 cm³/mol. The number of rotatable bonds is 5. The topological polar surface area (TPSA) is 93.5 Å². The minimum absolute atomic E-state index is 0.0729. The van der Waals surface area contributed by atoms with E-state index in [1.54, 1.807) is 24.3 Å². The number of ether oxygens (including phenoxy) is 1. The van der Waals surface area contributed by atoms with Crippen molar-refractivity contribution in [3.63, 3.8) is 0 Å². The molecule has 0 spiro atoms. The summed E-state index contributed by atoms with van der Waals surface area (Å²) in [5.74, 6) is -0.0729. The van der Waals surface area contributed by atoms with Crippen LogP contribution in [0.3, 0.4) is 0 Å². The summed E-state index contributed by atoms with van der Waals surface area (Å²) in [7, 11) is 1.26. The number of anilines is 2. The number of ketones is 1. The Hall–Kier alpha value is -3.71. The third kappa shape index (κ3) is 5.42. The normalized spacial score (nSPS) is 10.2. The molecule has 0 saturated carbocycles. The minimum Gasteiger partial charge on any atom is -0.453 e. The summed E-state index contributed by atoms with van der Waals surface area (Å²) < 4.78 is 4.54. The maximum absolute atomic E-state index is 13.1. The van der Waals surface area contributed by atoms with E-state index in [1.165, 1.54) is 7.11 Å². The second kappa shape index (κ2) is 9.67. The standard InChI is InChI=1S/C23H21N3O3S/c1-29-23(28)26-22(30)25-19-10-11-20(21(27)16-7-3-2-4-8-16)17(14-19)12-15-6-5-9-18(24)13-15/h2-11,13-14H,12,24H2,1H3,(H2,25,26,28,30). The summed E-state index contributed by atoms with van der Waals surface area (Å²) in [5, 5.41) is 5.42. The average molecular weight is 420 g/mol. The first kappa shape index (κ1) is 21.0. The van der Waals surface area contributed by atoms with E-state index in [9.17, 15) is 9.59 Å². The molecule has 0 heterocycles. The molecule has 0 aliphatic carbocycles. The Kier molecular flexibility index (Phi) is 6.77. The van der Waals surface area contributed by atoms with E-state index in [-0.39, 0.29) is 10.9 Å². The smallest absolute Gasteiger partial charge is 0.413 e. The number of carbonyl (C=O) groups excluding carboxylic acids is 2. The van der Waals surface area contributed by atoms with Crippen molar-refractivity contribution in [1.82, 2.24) is 5.32 Å². The Balaban J connectivity index is 1.94. The van der Waals surface area contributed by atoms with Crippen LogP contribution in [0.4, 0.5) is 16.2 Å². The van der Waals surface area contributed by atoms with Gasteiger partial charge in [-0.1, -0.05) is 42.5 Å². The van der Waals surface area contributed by atoms with Crippen LogP contribution in [0.15, 0.2) is 72.8 Å². The Morgan fingerprint density at radius 2 is 1.77 bits per heavy atom. The maximum atomic E-state index is 13.1. The highest BCUT2D eigenvalue weighted by atomic mass is 32.1. The Morgan fingerprint density at radius 1 is 1.00 bits per heavy atom. The lowest BCUT2D eigenvalue weighted by Crippen LogP contribution is -2.33. The molecule has 0 aliphatic heterocycles. The van der Waals surface area contributed by atoms with Gasteiger partial charge in [0.2, 0.25) is 0 Å². The van der Waals surface area contributed by atoms with Crippen LogP contribution < -0.4 is 16.4 Å². The number of alkyl carbamates (subject to hydrolysis) is 1. The zero-order valence-electron chi connectivity index (χ0n) is 16.3. The molecule has 4 N–H and O–H groups in total. The fourth-order valence-corrected chi connectivity index (χ4v) is 3.21. The van der Waals surface area contributed by atoms with E-state index in [0.717, 1.165) is 11.1 Å². The summed E-state index contributed by atoms with van der Waals surface area (Å²) in [6, 6.07) is 22.0. The summed E-state index contributed by atoms with van der Waals surface area (Å²) in [6.45, 7) is 0. The highest BCUT2D eigenvalue weighted by molar-refractivity contribution is 7.80. The lowest BCUT2D eigenvalue weighted by atomic mass is 9.93. The molecule has 0 atom stereocenters. The van der Waals surface area contributed by atoms with E-state index in [4.69, 9.17) is 18.0 Å². The van der Waals surface area contributed by atoms with Crippen molar-refractivity contribution in [3.05, 3.63) is 95.1 Å². The molecule has 3 rings (SSSR count). The van der Waals surface area contributed by atoms with Crippen LogP contribution >= 0.6 is 12.2 Å². The molecule has 0 radical (unpaired) electrons. The number of nitrogens with two attached hydrogens (primary N) is 1. The van der Waals surface area contributed by atoms with Crippen molar-refractivity contribution < 1.29 is 14.3 Å². The van der Waals surface area contributed by atoms with Gasteiger partial charge in [-0.25, -0.2) is 4.79 Å². The van der Waals surface area contributed by atoms with Crippen LogP contribution in [0.25, 0.3) is 0 Å². The molecular weight excluding hydrogens is 398 g/mol.